The molecular formula is C34H31N7O2. The summed E-state index contributed by atoms with van der Waals surface area (Å²) in [6.45, 7) is 3.72. The summed E-state index contributed by atoms with van der Waals surface area (Å²) in [6, 6.07) is 16.3. The van der Waals surface area contributed by atoms with Crippen molar-refractivity contribution in [3.63, 3.8) is 0 Å². The van der Waals surface area contributed by atoms with Gasteiger partial charge in [-0.05, 0) is 80.8 Å². The van der Waals surface area contributed by atoms with Gasteiger partial charge < -0.3 is 15.2 Å². The molecule has 2 bridgehead atoms. The van der Waals surface area contributed by atoms with Gasteiger partial charge >= 0.3 is 0 Å². The predicted molar refractivity (Wildman–Crippen MR) is 164 cm³/mol. The molecule has 1 aromatic carbocycles. The van der Waals surface area contributed by atoms with E-state index in [-0.39, 0.29) is 23.9 Å². The Kier molecular flexibility index (Phi) is 5.18. The van der Waals surface area contributed by atoms with Crippen molar-refractivity contribution in [3.05, 3.63) is 77.0 Å². The number of nitrogens with zero attached hydrogens (tertiary/aromatic N) is 6. The van der Waals surface area contributed by atoms with Crippen molar-refractivity contribution in [2.75, 3.05) is 6.54 Å². The molecule has 0 radical (unpaired) electrons. The van der Waals surface area contributed by atoms with E-state index >= 15 is 0 Å². The maximum atomic E-state index is 13.5. The van der Waals surface area contributed by atoms with Gasteiger partial charge in [-0.25, -0.2) is 14.5 Å². The van der Waals surface area contributed by atoms with Crippen LogP contribution in [0.4, 0.5) is 0 Å². The molecule has 1 saturated heterocycles. The Balaban J connectivity index is 1.12. The maximum Gasteiger partial charge on any atom is 0.277 e. The number of carbonyl (C=O) groups excluding carboxylic acids is 2. The van der Waals surface area contributed by atoms with Crippen molar-refractivity contribution in [1.82, 2.24) is 24.1 Å². The van der Waals surface area contributed by atoms with E-state index in [2.05, 4.69) is 28.6 Å². The lowest BCUT2D eigenvalue weighted by Crippen LogP contribution is -2.41. The van der Waals surface area contributed by atoms with E-state index in [0.717, 1.165) is 76.3 Å². The minimum absolute atomic E-state index is 0.0404. The summed E-state index contributed by atoms with van der Waals surface area (Å²) < 4.78 is 4.16. The fraction of sp³-hybridized carbons (Fsp3) is 0.324. The number of hydrogen-bond donors (Lipinski definition) is 1. The first-order valence-electron chi connectivity index (χ1n) is 15.2. The summed E-state index contributed by atoms with van der Waals surface area (Å²) in [6.07, 6.45) is 8.02. The van der Waals surface area contributed by atoms with E-state index in [1.54, 1.807) is 6.21 Å². The molecule has 43 heavy (non-hydrogen) atoms. The van der Waals surface area contributed by atoms with E-state index in [4.69, 9.17) is 15.8 Å². The fourth-order valence-corrected chi connectivity index (χ4v) is 7.43. The maximum absolute atomic E-state index is 13.5. The van der Waals surface area contributed by atoms with E-state index in [9.17, 15) is 9.59 Å². The van der Waals surface area contributed by atoms with Crippen LogP contribution in [-0.2, 0) is 6.54 Å². The normalized spacial score (nSPS) is 22.4. The highest BCUT2D eigenvalue weighted by atomic mass is 16.2. The Bertz CT molecular complexity index is 2050. The van der Waals surface area contributed by atoms with Crippen LogP contribution in [-0.4, -0.2) is 60.7 Å². The van der Waals surface area contributed by atoms with Gasteiger partial charge in [0.1, 0.15) is 11.3 Å². The summed E-state index contributed by atoms with van der Waals surface area (Å²) in [4.78, 5) is 36.8. The number of benzene rings is 1. The Hall–Kier alpha value is -4.63. The molecule has 2 amide bonds. The molecule has 214 valence electrons. The molecule has 4 aromatic heterocycles. The second kappa shape index (κ2) is 8.94. The van der Waals surface area contributed by atoms with Gasteiger partial charge in [-0.15, -0.1) is 0 Å². The van der Waals surface area contributed by atoms with Crippen LogP contribution in [0.25, 0.3) is 39.2 Å². The van der Waals surface area contributed by atoms with Crippen LogP contribution in [0.1, 0.15) is 57.5 Å². The highest BCUT2D eigenvalue weighted by Gasteiger charge is 2.46. The predicted octanol–water partition coefficient (Wildman–Crippen LogP) is 4.87. The smallest absolute Gasteiger partial charge is 0.277 e. The van der Waals surface area contributed by atoms with E-state index < -0.39 is 0 Å². The SMILES string of the molecule is Cc1c(-c2cc3ccc(-c4ccc5c(c4)C(=O)N=C5)nc3n2CC2CC2)nn2cc(C(=O)N3CC4CCC3[C@@H]4N)ccc12. The number of aryl methyl sites for hydroxylation is 1. The number of rotatable bonds is 5. The lowest BCUT2D eigenvalue weighted by molar-refractivity contribution is 0.0700. The van der Waals surface area contributed by atoms with Gasteiger partial charge in [-0.3, -0.25) is 9.59 Å². The zero-order valence-corrected chi connectivity index (χ0v) is 23.9. The van der Waals surface area contributed by atoms with Crippen molar-refractivity contribution in [2.24, 2.45) is 22.6 Å². The lowest BCUT2D eigenvalue weighted by Gasteiger charge is -2.27. The zero-order valence-electron chi connectivity index (χ0n) is 23.9. The number of hydrogen-bond acceptors (Lipinski definition) is 5. The van der Waals surface area contributed by atoms with Crippen LogP contribution in [0.3, 0.4) is 0 Å². The molecule has 4 aliphatic rings. The van der Waals surface area contributed by atoms with E-state index in [0.29, 0.717) is 23.0 Å². The number of fused-ring (bicyclic) bond motifs is 5. The van der Waals surface area contributed by atoms with E-state index in [1.807, 2.05) is 52.0 Å². The summed E-state index contributed by atoms with van der Waals surface area (Å²) in [5, 5.41) is 6.10. The Morgan fingerprint density at radius 3 is 2.72 bits per heavy atom. The largest absolute Gasteiger partial charge is 0.334 e. The monoisotopic (exact) mass is 569 g/mol. The quantitative estimate of drug-likeness (QED) is 0.325. The molecule has 9 rings (SSSR count). The topological polar surface area (TPSA) is 111 Å². The fourth-order valence-electron chi connectivity index (χ4n) is 7.43. The number of amides is 2. The van der Waals surface area contributed by atoms with Crippen molar-refractivity contribution in [3.8, 4) is 22.6 Å². The molecule has 9 nitrogen and oxygen atoms in total. The van der Waals surface area contributed by atoms with Crippen LogP contribution in [0.15, 0.2) is 59.7 Å². The van der Waals surface area contributed by atoms with E-state index in [1.165, 1.54) is 12.8 Å². The molecule has 2 N–H and O–H groups in total. The number of piperidine rings is 1. The van der Waals surface area contributed by atoms with Gasteiger partial charge in [0.25, 0.3) is 11.8 Å². The third-order valence-electron chi connectivity index (χ3n) is 10.1. The number of aliphatic imine (C=N–C) groups is 1. The third kappa shape index (κ3) is 3.77. The number of likely N-dealkylation sites (tertiary alicyclic amines) is 1. The minimum Gasteiger partial charge on any atom is -0.334 e. The first-order chi connectivity index (χ1) is 20.9. The second-order valence-corrected chi connectivity index (χ2v) is 12.7. The molecule has 2 aliphatic heterocycles. The summed E-state index contributed by atoms with van der Waals surface area (Å²) in [5.74, 6) is 0.871. The highest BCUT2D eigenvalue weighted by Crippen LogP contribution is 2.39. The molecule has 3 atom stereocenters. The van der Waals surface area contributed by atoms with Crippen molar-refractivity contribution in [1.29, 1.82) is 0 Å². The second-order valence-electron chi connectivity index (χ2n) is 12.7. The third-order valence-corrected chi connectivity index (χ3v) is 10.1. The first kappa shape index (κ1) is 24.9. The number of carbonyl (C=O) groups is 2. The molecule has 9 heteroatoms. The number of pyridine rings is 2. The van der Waals surface area contributed by atoms with Gasteiger partial charge in [-0.1, -0.05) is 12.1 Å². The number of aromatic nitrogens is 4. The summed E-state index contributed by atoms with van der Waals surface area (Å²) >= 11 is 0. The average molecular weight is 570 g/mol. The molecule has 3 fully saturated rings. The van der Waals surface area contributed by atoms with Gasteiger partial charge in [0.2, 0.25) is 0 Å². The molecule has 2 saturated carbocycles. The lowest BCUT2D eigenvalue weighted by atomic mass is 10.0. The molecule has 6 heterocycles. The molecule has 2 aliphatic carbocycles. The van der Waals surface area contributed by atoms with Crippen molar-refractivity contribution < 1.29 is 9.59 Å². The van der Waals surface area contributed by atoms with Gasteiger partial charge in [-0.2, -0.15) is 5.10 Å². The standard InChI is InChI=1S/C34H31N7O2/c1-18-27-10-8-24(34(43)40-16-23-7-11-28(40)30(23)35)17-41(27)38-31(18)29-13-21-6-9-26(37-32(21)39(29)15-19-2-3-19)20-4-5-22-14-36-33(42)25(22)12-20/h4-6,8-10,12-14,17,19,23,28,30H,2-3,7,11,15-16,35H2,1H3/t23?,28?,30-/m1/s1. The van der Waals surface area contributed by atoms with Crippen molar-refractivity contribution >= 4 is 34.6 Å². The molecule has 0 spiro atoms. The summed E-state index contributed by atoms with van der Waals surface area (Å²) in [5.41, 5.74) is 15.1. The molecule has 5 aromatic rings. The summed E-state index contributed by atoms with van der Waals surface area (Å²) in [7, 11) is 0. The molecule has 2 unspecified atom stereocenters. The van der Waals surface area contributed by atoms with Crippen LogP contribution >= 0.6 is 0 Å². The highest BCUT2D eigenvalue weighted by molar-refractivity contribution is 6.13. The van der Waals surface area contributed by atoms with Gasteiger partial charge in [0, 0.05) is 59.7 Å². The first-order valence-corrected chi connectivity index (χ1v) is 15.2. The Morgan fingerprint density at radius 2 is 1.93 bits per heavy atom. The molecular weight excluding hydrogens is 538 g/mol. The van der Waals surface area contributed by atoms with Crippen LogP contribution in [0, 0.1) is 18.8 Å². The van der Waals surface area contributed by atoms with Crippen LogP contribution < -0.4 is 5.73 Å². The van der Waals surface area contributed by atoms with Crippen LogP contribution in [0.5, 0.6) is 0 Å². The minimum atomic E-state index is -0.208. The van der Waals surface area contributed by atoms with Gasteiger partial charge in [0.05, 0.1) is 28.0 Å². The van der Waals surface area contributed by atoms with Crippen molar-refractivity contribution in [2.45, 2.75) is 51.2 Å². The Morgan fingerprint density at radius 1 is 1.05 bits per heavy atom. The average Bonchev–Trinajstić information content (AvgIpc) is 3.23. The van der Waals surface area contributed by atoms with Crippen LogP contribution in [0.2, 0.25) is 0 Å². The Labute approximate surface area is 248 Å². The van der Waals surface area contributed by atoms with Gasteiger partial charge in [0.15, 0.2) is 0 Å². The number of nitrogens with two attached hydrogens (primary N) is 1. The zero-order chi connectivity index (χ0) is 29.0.